The molecule has 0 spiro atoms. The molecule has 1 unspecified atom stereocenters. The number of pyridine rings is 1. The Morgan fingerprint density at radius 1 is 1.03 bits per heavy atom. The first-order chi connectivity index (χ1) is 16.1. The summed E-state index contributed by atoms with van der Waals surface area (Å²) in [5.41, 5.74) is 7.84. The van der Waals surface area contributed by atoms with Gasteiger partial charge >= 0.3 is 11.9 Å². The highest BCUT2D eigenvalue weighted by atomic mass is 16.6. The molecule has 0 bridgehead atoms. The van der Waals surface area contributed by atoms with Crippen molar-refractivity contribution >= 4 is 23.5 Å². The molecule has 34 heavy (non-hydrogen) atoms. The fourth-order valence-corrected chi connectivity index (χ4v) is 3.43. The summed E-state index contributed by atoms with van der Waals surface area (Å²) in [4.78, 5) is 41.3. The number of hydrogen-bond donors (Lipinski definition) is 3. The van der Waals surface area contributed by atoms with Crippen molar-refractivity contribution in [3.63, 3.8) is 0 Å². The number of nitrogens with zero attached hydrogens (tertiary/aromatic N) is 1. The summed E-state index contributed by atoms with van der Waals surface area (Å²) in [5, 5.41) is 12.2. The minimum atomic E-state index is -1.09. The van der Waals surface area contributed by atoms with Crippen molar-refractivity contribution in [2.75, 3.05) is 11.9 Å². The number of amides is 1. The van der Waals surface area contributed by atoms with E-state index in [0.717, 1.165) is 0 Å². The molecule has 1 aromatic heterocycles. The maximum absolute atomic E-state index is 12.9. The van der Waals surface area contributed by atoms with E-state index in [1.165, 1.54) is 12.1 Å². The van der Waals surface area contributed by atoms with Gasteiger partial charge in [0.15, 0.2) is 0 Å². The van der Waals surface area contributed by atoms with Gasteiger partial charge in [0.2, 0.25) is 0 Å². The number of hydrogen-bond acceptors (Lipinski definition) is 6. The molecule has 0 fully saturated rings. The molecule has 4 N–H and O–H groups in total. The van der Waals surface area contributed by atoms with Gasteiger partial charge in [0.25, 0.3) is 5.91 Å². The van der Waals surface area contributed by atoms with Gasteiger partial charge in [-0.3, -0.25) is 14.6 Å². The Balaban J connectivity index is 2.09. The van der Waals surface area contributed by atoms with Crippen molar-refractivity contribution < 1.29 is 24.2 Å². The first kappa shape index (κ1) is 24.6. The molecule has 0 aliphatic heterocycles. The molecule has 3 rings (SSSR count). The van der Waals surface area contributed by atoms with Crippen molar-refractivity contribution in [2.24, 2.45) is 5.73 Å². The van der Waals surface area contributed by atoms with Crippen molar-refractivity contribution in [2.45, 2.75) is 32.3 Å². The number of carboxylic acids is 1. The number of benzene rings is 2. The molecule has 0 aliphatic carbocycles. The van der Waals surface area contributed by atoms with E-state index in [2.05, 4.69) is 10.3 Å². The third-order valence-corrected chi connectivity index (χ3v) is 4.98. The van der Waals surface area contributed by atoms with Crippen LogP contribution in [-0.4, -0.2) is 40.1 Å². The minimum Gasteiger partial charge on any atom is -0.478 e. The lowest BCUT2D eigenvalue weighted by Crippen LogP contribution is -2.31. The lowest BCUT2D eigenvalue weighted by molar-refractivity contribution is -0.156. The van der Waals surface area contributed by atoms with E-state index in [9.17, 15) is 19.5 Å². The molecule has 0 radical (unpaired) electrons. The predicted molar refractivity (Wildman–Crippen MR) is 129 cm³/mol. The van der Waals surface area contributed by atoms with Crippen LogP contribution in [0.3, 0.4) is 0 Å². The maximum atomic E-state index is 12.9. The Kier molecular flexibility index (Phi) is 7.43. The molecule has 3 aromatic rings. The summed E-state index contributed by atoms with van der Waals surface area (Å²) in [6.45, 7) is 5.27. The van der Waals surface area contributed by atoms with Crippen LogP contribution in [0.5, 0.6) is 0 Å². The van der Waals surface area contributed by atoms with Gasteiger partial charge in [-0.1, -0.05) is 18.2 Å². The molecule has 176 valence electrons. The minimum absolute atomic E-state index is 0.0247. The van der Waals surface area contributed by atoms with E-state index < -0.39 is 23.5 Å². The average molecular weight is 462 g/mol. The molecule has 1 atom stereocenters. The summed E-state index contributed by atoms with van der Waals surface area (Å²) < 4.78 is 5.56. The lowest BCUT2D eigenvalue weighted by atomic mass is 9.88. The number of nitrogens with two attached hydrogens (primary N) is 1. The van der Waals surface area contributed by atoms with E-state index in [1.54, 1.807) is 75.6 Å². The predicted octanol–water partition coefficient (Wildman–Crippen LogP) is 4.08. The summed E-state index contributed by atoms with van der Waals surface area (Å²) in [6, 6.07) is 14.5. The van der Waals surface area contributed by atoms with Gasteiger partial charge in [-0.05, 0) is 73.9 Å². The van der Waals surface area contributed by atoms with Crippen molar-refractivity contribution in [1.29, 1.82) is 0 Å². The number of aromatic carboxylic acids is 1. The molecular formula is C26H27N3O5. The molecule has 0 aliphatic rings. The smallest absolute Gasteiger partial charge is 0.335 e. The Morgan fingerprint density at radius 2 is 1.74 bits per heavy atom. The lowest BCUT2D eigenvalue weighted by Gasteiger charge is -2.25. The zero-order chi connectivity index (χ0) is 24.9. The average Bonchev–Trinajstić information content (AvgIpc) is 2.79. The van der Waals surface area contributed by atoms with Gasteiger partial charge in [-0.2, -0.15) is 0 Å². The van der Waals surface area contributed by atoms with Crippen molar-refractivity contribution in [3.05, 3.63) is 83.7 Å². The number of carboxylic acid groups (broad SMARTS) is 1. The second-order valence-corrected chi connectivity index (χ2v) is 8.70. The normalized spacial score (nSPS) is 12.0. The van der Waals surface area contributed by atoms with Gasteiger partial charge in [-0.15, -0.1) is 0 Å². The second kappa shape index (κ2) is 10.3. The number of carbonyl (C=O) groups is 3. The highest BCUT2D eigenvalue weighted by Gasteiger charge is 2.28. The Labute approximate surface area is 197 Å². The fraction of sp³-hybridized carbons (Fsp3) is 0.231. The summed E-state index contributed by atoms with van der Waals surface area (Å²) in [6.07, 6.45) is 3.13. The van der Waals surface area contributed by atoms with Crippen LogP contribution < -0.4 is 11.1 Å². The van der Waals surface area contributed by atoms with E-state index in [-0.39, 0.29) is 18.0 Å². The highest BCUT2D eigenvalue weighted by Crippen LogP contribution is 2.32. The van der Waals surface area contributed by atoms with E-state index in [4.69, 9.17) is 10.5 Å². The maximum Gasteiger partial charge on any atom is 0.335 e. The van der Waals surface area contributed by atoms with Crippen molar-refractivity contribution in [3.8, 4) is 11.1 Å². The van der Waals surface area contributed by atoms with Crippen LogP contribution in [0.15, 0.2) is 67.0 Å². The van der Waals surface area contributed by atoms with Crippen LogP contribution in [0.2, 0.25) is 0 Å². The quantitative estimate of drug-likeness (QED) is 0.452. The summed E-state index contributed by atoms with van der Waals surface area (Å²) in [7, 11) is 0. The van der Waals surface area contributed by atoms with Gasteiger partial charge in [0, 0.05) is 30.2 Å². The first-order valence-corrected chi connectivity index (χ1v) is 10.7. The van der Waals surface area contributed by atoms with Gasteiger partial charge in [0.1, 0.15) is 5.60 Å². The zero-order valence-electron chi connectivity index (χ0n) is 19.2. The van der Waals surface area contributed by atoms with Gasteiger partial charge in [-0.25, -0.2) is 4.79 Å². The molecular weight excluding hydrogens is 434 g/mol. The van der Waals surface area contributed by atoms with E-state index in [0.29, 0.717) is 27.9 Å². The number of rotatable bonds is 7. The molecule has 8 heteroatoms. The molecule has 0 saturated heterocycles. The van der Waals surface area contributed by atoms with Gasteiger partial charge < -0.3 is 20.9 Å². The Bertz CT molecular complexity index is 1200. The highest BCUT2D eigenvalue weighted by molar-refractivity contribution is 6.05. The van der Waals surface area contributed by atoms with Crippen LogP contribution in [0.4, 0.5) is 5.69 Å². The second-order valence-electron chi connectivity index (χ2n) is 8.70. The van der Waals surface area contributed by atoms with Crippen molar-refractivity contribution in [1.82, 2.24) is 4.98 Å². The van der Waals surface area contributed by atoms with E-state index in [1.807, 2.05) is 0 Å². The standard InChI is InChI=1S/C26H27N3O5/c1-26(2,3)34-25(33)22(15-27)20-8-7-17(23(30)29-19-9-11-28-12-10-19)14-21(20)16-5-4-6-18(13-16)24(31)32/h4-14,22H,15,27H2,1-3H3,(H,31,32)(H,28,29,30). The van der Waals surface area contributed by atoms with Crippen LogP contribution >= 0.6 is 0 Å². The van der Waals surface area contributed by atoms with Gasteiger partial charge in [0.05, 0.1) is 11.5 Å². The molecule has 1 amide bonds. The van der Waals surface area contributed by atoms with E-state index >= 15 is 0 Å². The number of anilines is 1. The molecule has 8 nitrogen and oxygen atoms in total. The van der Waals surface area contributed by atoms with Crippen LogP contribution in [0.25, 0.3) is 11.1 Å². The number of esters is 1. The number of carbonyl (C=O) groups excluding carboxylic acids is 2. The number of aromatic nitrogens is 1. The Hall–Kier alpha value is -4.04. The summed E-state index contributed by atoms with van der Waals surface area (Å²) >= 11 is 0. The first-order valence-electron chi connectivity index (χ1n) is 10.7. The SMILES string of the molecule is CC(C)(C)OC(=O)C(CN)c1ccc(C(=O)Nc2ccncc2)cc1-c1cccc(C(=O)O)c1. The van der Waals surface area contributed by atoms with Crippen LogP contribution in [0, 0.1) is 0 Å². The van der Waals surface area contributed by atoms with Crippen LogP contribution in [-0.2, 0) is 9.53 Å². The Morgan fingerprint density at radius 3 is 2.35 bits per heavy atom. The molecule has 2 aromatic carbocycles. The fourth-order valence-electron chi connectivity index (χ4n) is 3.43. The zero-order valence-corrected chi connectivity index (χ0v) is 19.2. The third-order valence-electron chi connectivity index (χ3n) is 4.98. The largest absolute Gasteiger partial charge is 0.478 e. The third kappa shape index (κ3) is 6.05. The topological polar surface area (TPSA) is 132 Å². The summed E-state index contributed by atoms with van der Waals surface area (Å²) in [5.74, 6) is -2.76. The number of nitrogens with one attached hydrogen (secondary N) is 1. The van der Waals surface area contributed by atoms with Crippen LogP contribution in [0.1, 0.15) is 53.0 Å². The number of ether oxygens (including phenoxy) is 1. The monoisotopic (exact) mass is 461 g/mol. The molecule has 0 saturated carbocycles. The molecule has 1 heterocycles.